The summed E-state index contributed by atoms with van der Waals surface area (Å²) >= 11 is 0. The molecule has 0 aromatic heterocycles. The van der Waals surface area contributed by atoms with Crippen LogP contribution in [0.4, 0.5) is 18.9 Å². The number of amides is 1. The normalized spacial score (nSPS) is 12.2. The lowest BCUT2D eigenvalue weighted by atomic mass is 10.2. The van der Waals surface area contributed by atoms with E-state index in [2.05, 4.69) is 5.32 Å². The van der Waals surface area contributed by atoms with Crippen LogP contribution in [0.2, 0.25) is 0 Å². The zero-order valence-electron chi connectivity index (χ0n) is 14.7. The molecule has 0 fully saturated rings. The average Bonchev–Trinajstić information content (AvgIpc) is 2.61. The van der Waals surface area contributed by atoms with Crippen LogP contribution in [0.3, 0.4) is 0 Å². The van der Waals surface area contributed by atoms with Crippen LogP contribution in [0.1, 0.15) is 18.1 Å². The van der Waals surface area contributed by atoms with Gasteiger partial charge in [0.1, 0.15) is 5.75 Å². The van der Waals surface area contributed by atoms with Crippen molar-refractivity contribution in [3.05, 3.63) is 59.7 Å². The fourth-order valence-corrected chi connectivity index (χ4v) is 2.07. The largest absolute Gasteiger partial charge is 0.482 e. The van der Waals surface area contributed by atoms with Gasteiger partial charge in [-0.15, -0.1) is 0 Å². The van der Waals surface area contributed by atoms with E-state index in [1.165, 1.54) is 19.1 Å². The fourth-order valence-electron chi connectivity index (χ4n) is 2.07. The number of carbonyl (C=O) groups excluding carboxylic acids is 2. The summed E-state index contributed by atoms with van der Waals surface area (Å²) in [5, 5.41) is 2.59. The summed E-state index contributed by atoms with van der Waals surface area (Å²) in [4.78, 5) is 23.8. The second-order valence-corrected chi connectivity index (χ2v) is 5.80. The summed E-state index contributed by atoms with van der Waals surface area (Å²) in [5.74, 6) is -1.54. The van der Waals surface area contributed by atoms with Crippen LogP contribution in [-0.4, -0.2) is 24.6 Å². The quantitative estimate of drug-likeness (QED) is 0.770. The molecule has 0 saturated carbocycles. The summed E-state index contributed by atoms with van der Waals surface area (Å²) in [6.45, 7) is 2.66. The summed E-state index contributed by atoms with van der Waals surface area (Å²) in [6, 6.07) is 11.2. The van der Waals surface area contributed by atoms with Crippen LogP contribution >= 0.6 is 0 Å². The fraction of sp³-hybridized carbons (Fsp3) is 0.263. The number of hydrogen-bond donors (Lipinski definition) is 1. The van der Waals surface area contributed by atoms with E-state index < -0.39 is 36.3 Å². The first-order chi connectivity index (χ1) is 12.6. The van der Waals surface area contributed by atoms with E-state index in [4.69, 9.17) is 9.47 Å². The Hall–Kier alpha value is -3.03. The highest BCUT2D eigenvalue weighted by molar-refractivity contribution is 5.95. The van der Waals surface area contributed by atoms with Crippen LogP contribution in [0, 0.1) is 6.92 Å². The van der Waals surface area contributed by atoms with Gasteiger partial charge in [0.2, 0.25) is 0 Å². The number of esters is 1. The molecule has 2 rings (SSSR count). The molecule has 5 nitrogen and oxygen atoms in total. The molecule has 0 saturated heterocycles. The summed E-state index contributed by atoms with van der Waals surface area (Å²) in [6.07, 6.45) is -5.61. The third kappa shape index (κ3) is 6.32. The molecular weight excluding hydrogens is 363 g/mol. The Morgan fingerprint density at radius 2 is 1.78 bits per heavy atom. The molecule has 0 heterocycles. The number of ether oxygens (including phenoxy) is 2. The molecule has 0 aliphatic carbocycles. The van der Waals surface area contributed by atoms with E-state index in [0.717, 1.165) is 17.7 Å². The highest BCUT2D eigenvalue weighted by Crippen LogP contribution is 2.31. The molecule has 1 atom stereocenters. The van der Waals surface area contributed by atoms with Crippen molar-refractivity contribution in [2.24, 2.45) is 0 Å². The van der Waals surface area contributed by atoms with Crippen molar-refractivity contribution in [2.75, 3.05) is 11.9 Å². The second-order valence-electron chi connectivity index (χ2n) is 5.80. The minimum Gasteiger partial charge on any atom is -0.482 e. The number of halogens is 3. The first kappa shape index (κ1) is 20.3. The zero-order chi connectivity index (χ0) is 20.0. The number of aryl methyl sites for hydroxylation is 1. The van der Waals surface area contributed by atoms with Crippen LogP contribution < -0.4 is 10.1 Å². The second kappa shape index (κ2) is 8.57. The number of hydrogen-bond acceptors (Lipinski definition) is 4. The molecule has 0 aliphatic rings. The SMILES string of the molecule is Cc1ccc(NC(=O)[C@@H](C)OC(=O)COc2cccc(C(F)(F)F)c2)cc1. The molecule has 1 amide bonds. The van der Waals surface area contributed by atoms with Gasteiger partial charge in [-0.2, -0.15) is 13.2 Å². The number of carbonyl (C=O) groups is 2. The molecular formula is C19H18F3NO4. The molecule has 27 heavy (non-hydrogen) atoms. The molecule has 0 spiro atoms. The standard InChI is InChI=1S/C19H18F3NO4/c1-12-6-8-15(9-7-12)23-18(25)13(2)27-17(24)11-26-16-5-3-4-14(10-16)19(20,21)22/h3-10,13H,11H2,1-2H3,(H,23,25)/t13-/m1/s1. The predicted octanol–water partition coefficient (Wildman–Crippen LogP) is 3.96. The van der Waals surface area contributed by atoms with Gasteiger partial charge in [-0.3, -0.25) is 4.79 Å². The molecule has 2 aromatic rings. The topological polar surface area (TPSA) is 64.6 Å². The van der Waals surface area contributed by atoms with Gasteiger partial charge in [0, 0.05) is 5.69 Å². The van der Waals surface area contributed by atoms with Gasteiger partial charge in [0.15, 0.2) is 12.7 Å². The molecule has 144 valence electrons. The highest BCUT2D eigenvalue weighted by Gasteiger charge is 2.30. The van der Waals surface area contributed by atoms with Gasteiger partial charge < -0.3 is 14.8 Å². The van der Waals surface area contributed by atoms with Crippen molar-refractivity contribution in [3.8, 4) is 5.75 Å². The van der Waals surface area contributed by atoms with Crippen molar-refractivity contribution < 1.29 is 32.2 Å². The lowest BCUT2D eigenvalue weighted by Gasteiger charge is -2.14. The van der Waals surface area contributed by atoms with Gasteiger partial charge >= 0.3 is 12.1 Å². The van der Waals surface area contributed by atoms with Crippen molar-refractivity contribution in [3.63, 3.8) is 0 Å². The maximum Gasteiger partial charge on any atom is 0.416 e. The van der Waals surface area contributed by atoms with E-state index >= 15 is 0 Å². The maximum atomic E-state index is 12.6. The van der Waals surface area contributed by atoms with Gasteiger partial charge in [-0.25, -0.2) is 4.79 Å². The van der Waals surface area contributed by atoms with Crippen LogP contribution in [-0.2, 0) is 20.5 Å². The zero-order valence-corrected chi connectivity index (χ0v) is 14.7. The average molecular weight is 381 g/mol. The lowest BCUT2D eigenvalue weighted by Crippen LogP contribution is -2.31. The van der Waals surface area contributed by atoms with E-state index in [1.807, 2.05) is 19.1 Å². The Morgan fingerprint density at radius 1 is 1.11 bits per heavy atom. The Kier molecular flexibility index (Phi) is 6.44. The summed E-state index contributed by atoms with van der Waals surface area (Å²) < 4.78 is 47.8. The number of alkyl halides is 3. The third-order valence-electron chi connectivity index (χ3n) is 3.51. The summed E-state index contributed by atoms with van der Waals surface area (Å²) in [5.41, 5.74) is 0.687. The van der Waals surface area contributed by atoms with Crippen LogP contribution in [0.5, 0.6) is 5.75 Å². The highest BCUT2D eigenvalue weighted by atomic mass is 19.4. The number of benzene rings is 2. The van der Waals surface area contributed by atoms with Crippen LogP contribution in [0.15, 0.2) is 48.5 Å². The number of nitrogens with one attached hydrogen (secondary N) is 1. The molecule has 0 bridgehead atoms. The first-order valence-corrected chi connectivity index (χ1v) is 8.02. The van der Waals surface area contributed by atoms with Crippen LogP contribution in [0.25, 0.3) is 0 Å². The van der Waals surface area contributed by atoms with Crippen molar-refractivity contribution >= 4 is 17.6 Å². The maximum absolute atomic E-state index is 12.6. The molecule has 1 N–H and O–H groups in total. The van der Waals surface area contributed by atoms with Gasteiger partial charge in [0.05, 0.1) is 5.56 Å². The molecule has 2 aromatic carbocycles. The Bertz CT molecular complexity index is 803. The molecule has 0 unspecified atom stereocenters. The third-order valence-corrected chi connectivity index (χ3v) is 3.51. The summed E-state index contributed by atoms with van der Waals surface area (Å²) in [7, 11) is 0. The van der Waals surface area contributed by atoms with Gasteiger partial charge in [-0.05, 0) is 44.2 Å². The minimum atomic E-state index is -4.51. The Balaban J connectivity index is 1.84. The molecule has 8 heteroatoms. The minimum absolute atomic E-state index is 0.126. The van der Waals surface area contributed by atoms with E-state index in [1.54, 1.807) is 12.1 Å². The smallest absolute Gasteiger partial charge is 0.416 e. The van der Waals surface area contributed by atoms with Crippen molar-refractivity contribution in [1.29, 1.82) is 0 Å². The number of anilines is 1. The van der Waals surface area contributed by atoms with Gasteiger partial charge in [-0.1, -0.05) is 23.8 Å². The predicted molar refractivity (Wildman–Crippen MR) is 92.3 cm³/mol. The molecule has 0 radical (unpaired) electrons. The van der Waals surface area contributed by atoms with E-state index in [-0.39, 0.29) is 5.75 Å². The van der Waals surface area contributed by atoms with Crippen molar-refractivity contribution in [1.82, 2.24) is 0 Å². The number of rotatable bonds is 6. The Labute approximate surface area is 154 Å². The monoisotopic (exact) mass is 381 g/mol. The molecule has 0 aliphatic heterocycles. The van der Waals surface area contributed by atoms with Gasteiger partial charge in [0.25, 0.3) is 5.91 Å². The first-order valence-electron chi connectivity index (χ1n) is 8.02. The lowest BCUT2D eigenvalue weighted by molar-refractivity contribution is -0.155. The van der Waals surface area contributed by atoms with E-state index in [9.17, 15) is 22.8 Å². The van der Waals surface area contributed by atoms with E-state index in [0.29, 0.717) is 5.69 Å². The Morgan fingerprint density at radius 3 is 2.41 bits per heavy atom. The van der Waals surface area contributed by atoms with Crippen molar-refractivity contribution in [2.45, 2.75) is 26.1 Å².